The van der Waals surface area contributed by atoms with Gasteiger partial charge in [0.05, 0.1) is 19.6 Å². The molecule has 11 heavy (non-hydrogen) atoms. The van der Waals surface area contributed by atoms with Crippen LogP contribution in [0.15, 0.2) is 19.6 Å². The molecule has 1 aliphatic carbocycles. The van der Waals surface area contributed by atoms with Gasteiger partial charge in [-0.3, -0.25) is 0 Å². The highest BCUT2D eigenvalue weighted by atomic mass is 79.9. The van der Waals surface area contributed by atoms with Crippen LogP contribution in [0, 0.1) is 0 Å². The third-order valence-electron chi connectivity index (χ3n) is 1.13. The molecule has 0 aromatic heterocycles. The average molecular weight is 362 g/mol. The predicted molar refractivity (Wildman–Crippen MR) is 58.0 cm³/mol. The Hall–Kier alpha value is 1.60. The first-order valence-electron chi connectivity index (χ1n) is 2.38. The first kappa shape index (κ1) is 10.7. The van der Waals surface area contributed by atoms with Crippen molar-refractivity contribution in [2.75, 3.05) is 0 Å². The highest BCUT2D eigenvalue weighted by molar-refractivity contribution is 9.12. The summed E-state index contributed by atoms with van der Waals surface area (Å²) in [6, 6.07) is 0. The summed E-state index contributed by atoms with van der Waals surface area (Å²) in [5.41, 5.74) is 0. The zero-order valence-corrected chi connectivity index (χ0v) is 11.0. The van der Waals surface area contributed by atoms with Gasteiger partial charge in [0.25, 0.3) is 0 Å². The molecule has 0 aromatic carbocycles. The SMILES string of the molecule is ClC1=C(Cl)C(Cl)(Br)C(Cl)=C1Br. The molecule has 0 amide bonds. The molecule has 0 nitrogen and oxygen atoms in total. The summed E-state index contributed by atoms with van der Waals surface area (Å²) in [5.74, 6) is 0. The van der Waals surface area contributed by atoms with E-state index >= 15 is 0 Å². The lowest BCUT2D eigenvalue weighted by molar-refractivity contribution is 1.29. The zero-order valence-electron chi connectivity index (χ0n) is 4.77. The Balaban J connectivity index is 3.27. The van der Waals surface area contributed by atoms with Crippen molar-refractivity contribution < 1.29 is 0 Å². The van der Waals surface area contributed by atoms with Crippen LogP contribution in [0.3, 0.4) is 0 Å². The second kappa shape index (κ2) is 3.39. The van der Waals surface area contributed by atoms with Crippen molar-refractivity contribution in [3.63, 3.8) is 0 Å². The van der Waals surface area contributed by atoms with Crippen molar-refractivity contribution >= 4 is 78.3 Å². The van der Waals surface area contributed by atoms with Crippen molar-refractivity contribution in [1.29, 1.82) is 0 Å². The van der Waals surface area contributed by atoms with E-state index in [-0.39, 0.29) is 5.03 Å². The Morgan fingerprint density at radius 2 is 1.55 bits per heavy atom. The second-order valence-corrected chi connectivity index (χ2v) is 5.97. The molecule has 1 unspecified atom stereocenters. The standard InChI is InChI=1S/C5Br2Cl4/c6-1-2(8)4(10)5(7,11)3(1)9. The van der Waals surface area contributed by atoms with Gasteiger partial charge in [0.15, 0.2) is 3.78 Å². The molecule has 0 spiro atoms. The van der Waals surface area contributed by atoms with Crippen LogP contribution in [0.2, 0.25) is 0 Å². The van der Waals surface area contributed by atoms with Crippen LogP contribution in [0.1, 0.15) is 0 Å². The minimum atomic E-state index is -1.05. The molecule has 62 valence electrons. The quantitative estimate of drug-likeness (QED) is 0.540. The molecule has 0 heterocycles. The average Bonchev–Trinajstić information content (AvgIpc) is 2.06. The maximum absolute atomic E-state index is 5.88. The van der Waals surface area contributed by atoms with Gasteiger partial charge in [-0.05, 0) is 15.9 Å². The highest BCUT2D eigenvalue weighted by Gasteiger charge is 2.41. The van der Waals surface area contributed by atoms with E-state index in [0.29, 0.717) is 14.5 Å². The molecule has 0 fully saturated rings. The monoisotopic (exact) mass is 358 g/mol. The minimum Gasteiger partial charge on any atom is -0.0940 e. The van der Waals surface area contributed by atoms with Gasteiger partial charge < -0.3 is 0 Å². The van der Waals surface area contributed by atoms with Crippen LogP contribution in [0.25, 0.3) is 0 Å². The molecule has 0 saturated heterocycles. The van der Waals surface area contributed by atoms with E-state index in [1.54, 1.807) is 0 Å². The van der Waals surface area contributed by atoms with E-state index in [1.807, 2.05) is 0 Å². The van der Waals surface area contributed by atoms with Gasteiger partial charge in [-0.15, -0.1) is 0 Å². The molecular weight excluding hydrogens is 362 g/mol. The molecule has 1 aliphatic rings. The maximum atomic E-state index is 5.88. The molecule has 0 aliphatic heterocycles. The summed E-state index contributed by atoms with van der Waals surface area (Å²) in [7, 11) is 0. The number of allylic oxidation sites excluding steroid dienone is 4. The summed E-state index contributed by atoms with van der Waals surface area (Å²) in [4.78, 5) is 0. The van der Waals surface area contributed by atoms with Gasteiger partial charge in [0, 0.05) is 0 Å². The largest absolute Gasteiger partial charge is 0.172 e. The van der Waals surface area contributed by atoms with Crippen molar-refractivity contribution in [3.05, 3.63) is 19.6 Å². The third kappa shape index (κ3) is 1.63. The minimum absolute atomic E-state index is 0.276. The fourth-order valence-corrected chi connectivity index (χ4v) is 3.01. The number of rotatable bonds is 0. The highest BCUT2D eigenvalue weighted by Crippen LogP contribution is 2.55. The van der Waals surface area contributed by atoms with E-state index in [4.69, 9.17) is 46.4 Å². The third-order valence-corrected chi connectivity index (χ3v) is 5.62. The molecular formula is C5Br2Cl4. The van der Waals surface area contributed by atoms with Crippen molar-refractivity contribution in [2.45, 2.75) is 3.78 Å². The van der Waals surface area contributed by atoms with Gasteiger partial charge in [-0.1, -0.05) is 62.3 Å². The van der Waals surface area contributed by atoms with E-state index in [0.717, 1.165) is 0 Å². The Morgan fingerprint density at radius 3 is 1.64 bits per heavy atom. The fraction of sp³-hybridized carbons (Fsp3) is 0.200. The Bertz CT molecular complexity index is 240. The van der Waals surface area contributed by atoms with Gasteiger partial charge in [-0.25, -0.2) is 0 Å². The summed E-state index contributed by atoms with van der Waals surface area (Å²) in [5, 5.41) is 0.954. The van der Waals surface area contributed by atoms with Crippen LogP contribution in [-0.2, 0) is 0 Å². The van der Waals surface area contributed by atoms with E-state index in [2.05, 4.69) is 31.9 Å². The van der Waals surface area contributed by atoms with Gasteiger partial charge in [-0.2, -0.15) is 0 Å². The normalized spacial score (nSPS) is 32.2. The lowest BCUT2D eigenvalue weighted by Gasteiger charge is -2.12. The molecule has 0 aromatic rings. The molecule has 0 N–H and O–H groups in total. The van der Waals surface area contributed by atoms with Crippen LogP contribution < -0.4 is 0 Å². The Morgan fingerprint density at radius 1 is 1.09 bits per heavy atom. The molecule has 0 saturated carbocycles. The second-order valence-electron chi connectivity index (χ2n) is 1.83. The molecule has 1 rings (SSSR count). The smallest absolute Gasteiger partial charge is 0.0940 e. The summed E-state index contributed by atoms with van der Waals surface area (Å²) < 4.78 is -0.524. The Labute approximate surface area is 101 Å². The predicted octanol–water partition coefficient (Wildman–Crippen LogP) is 4.86. The topological polar surface area (TPSA) is 0 Å². The van der Waals surface area contributed by atoms with Crippen LogP contribution >= 0.6 is 78.3 Å². The molecule has 0 radical (unpaired) electrons. The van der Waals surface area contributed by atoms with E-state index in [9.17, 15) is 0 Å². The van der Waals surface area contributed by atoms with Crippen molar-refractivity contribution in [3.8, 4) is 0 Å². The van der Waals surface area contributed by atoms with E-state index in [1.165, 1.54) is 0 Å². The fourth-order valence-electron chi connectivity index (χ4n) is 0.565. The number of hydrogen-bond donors (Lipinski definition) is 0. The maximum Gasteiger partial charge on any atom is 0.172 e. The van der Waals surface area contributed by atoms with Crippen molar-refractivity contribution in [2.24, 2.45) is 0 Å². The molecule has 6 heteroatoms. The van der Waals surface area contributed by atoms with Gasteiger partial charge >= 0.3 is 0 Å². The number of alkyl halides is 2. The first-order chi connectivity index (χ1) is 4.89. The van der Waals surface area contributed by atoms with Gasteiger partial charge in [0.2, 0.25) is 0 Å². The number of halogens is 6. The summed E-state index contributed by atoms with van der Waals surface area (Å²) >= 11 is 29.4. The first-order valence-corrected chi connectivity index (χ1v) is 5.48. The van der Waals surface area contributed by atoms with Gasteiger partial charge in [0.1, 0.15) is 0 Å². The number of hydrogen-bond acceptors (Lipinski definition) is 0. The lowest BCUT2D eigenvalue weighted by Crippen LogP contribution is -2.08. The molecule has 0 bridgehead atoms. The summed E-state index contributed by atoms with van der Waals surface area (Å²) in [6.07, 6.45) is 0. The van der Waals surface area contributed by atoms with Crippen LogP contribution in [-0.4, -0.2) is 3.78 Å². The lowest BCUT2D eigenvalue weighted by atomic mass is 10.4. The molecule has 1 atom stereocenters. The zero-order chi connectivity index (χ0) is 8.81. The van der Waals surface area contributed by atoms with Crippen LogP contribution in [0.4, 0.5) is 0 Å². The van der Waals surface area contributed by atoms with Crippen molar-refractivity contribution in [1.82, 2.24) is 0 Å². The van der Waals surface area contributed by atoms with E-state index < -0.39 is 3.78 Å². The summed E-state index contributed by atoms with van der Waals surface area (Å²) in [6.45, 7) is 0. The van der Waals surface area contributed by atoms with Crippen LogP contribution in [0.5, 0.6) is 0 Å². The Kier molecular flexibility index (Phi) is 3.29.